The number of nitrogens with one attached hydrogen (secondary N) is 1. The second-order valence-electron chi connectivity index (χ2n) is 2.13. The van der Waals surface area contributed by atoms with Crippen LogP contribution < -0.4 is 18.9 Å². The standard InChI is InChI=1S/C8H10N.Li/c1-7(9)8-5-3-2-4-6-8;/h2-7,9H,1H3;/q-1;+1/t7-;/m0./s1. The molecule has 2 heteroatoms. The number of hydrogen-bond acceptors (Lipinski definition) is 0. The summed E-state index contributed by atoms with van der Waals surface area (Å²) in [5, 5.41) is 0. The van der Waals surface area contributed by atoms with E-state index in [1.807, 2.05) is 37.3 Å². The van der Waals surface area contributed by atoms with Gasteiger partial charge in [-0.25, -0.2) is 0 Å². The van der Waals surface area contributed by atoms with Crippen molar-refractivity contribution >= 4 is 0 Å². The zero-order valence-electron chi connectivity index (χ0n) is 6.46. The summed E-state index contributed by atoms with van der Waals surface area (Å²) in [6, 6.07) is 9.73. The Kier molecular flexibility index (Phi) is 4.47. The molecule has 1 aromatic carbocycles. The van der Waals surface area contributed by atoms with Crippen LogP contribution in [0.25, 0.3) is 5.73 Å². The van der Waals surface area contributed by atoms with Crippen LogP contribution in [0.5, 0.6) is 0 Å². The minimum Gasteiger partial charge on any atom is -0.671 e. The van der Waals surface area contributed by atoms with Crippen LogP contribution in [0.15, 0.2) is 30.3 Å². The summed E-state index contributed by atoms with van der Waals surface area (Å²) in [4.78, 5) is 0. The first kappa shape index (κ1) is 9.78. The summed E-state index contributed by atoms with van der Waals surface area (Å²) >= 11 is 0. The molecule has 1 atom stereocenters. The van der Waals surface area contributed by atoms with E-state index < -0.39 is 0 Å². The molecule has 0 spiro atoms. The van der Waals surface area contributed by atoms with Gasteiger partial charge >= 0.3 is 18.9 Å². The van der Waals surface area contributed by atoms with E-state index in [0.29, 0.717) is 0 Å². The van der Waals surface area contributed by atoms with Gasteiger partial charge in [-0.15, -0.1) is 6.04 Å². The van der Waals surface area contributed by atoms with Gasteiger partial charge in [0.05, 0.1) is 0 Å². The topological polar surface area (TPSA) is 23.8 Å². The summed E-state index contributed by atoms with van der Waals surface area (Å²) in [7, 11) is 0. The maximum atomic E-state index is 7.32. The van der Waals surface area contributed by atoms with Gasteiger partial charge in [-0.3, -0.25) is 0 Å². The van der Waals surface area contributed by atoms with Crippen LogP contribution in [0.2, 0.25) is 0 Å². The molecule has 0 aliphatic carbocycles. The van der Waals surface area contributed by atoms with Crippen molar-refractivity contribution in [3.8, 4) is 0 Å². The quantitative estimate of drug-likeness (QED) is 0.467. The molecular formula is C8H10LiN. The molecule has 0 fully saturated rings. The van der Waals surface area contributed by atoms with Crippen molar-refractivity contribution < 1.29 is 18.9 Å². The Labute approximate surface area is 73.8 Å². The Balaban J connectivity index is 0.000000810. The second-order valence-corrected chi connectivity index (χ2v) is 2.13. The number of rotatable bonds is 1. The molecule has 0 heterocycles. The Morgan fingerprint density at radius 1 is 1.20 bits per heavy atom. The van der Waals surface area contributed by atoms with E-state index in [4.69, 9.17) is 5.73 Å². The van der Waals surface area contributed by atoms with Crippen LogP contribution in [0, 0.1) is 0 Å². The Morgan fingerprint density at radius 2 is 1.70 bits per heavy atom. The molecule has 0 unspecified atom stereocenters. The van der Waals surface area contributed by atoms with Crippen LogP contribution in [-0.2, 0) is 0 Å². The predicted octanol–water partition coefficient (Wildman–Crippen LogP) is -0.196. The van der Waals surface area contributed by atoms with Gasteiger partial charge in [0.1, 0.15) is 0 Å². The SMILES string of the molecule is C[C@H]([NH-])c1ccccc1.[Li+]. The molecule has 1 aromatic rings. The van der Waals surface area contributed by atoms with Crippen LogP contribution in [0.3, 0.4) is 0 Å². The zero-order chi connectivity index (χ0) is 6.69. The van der Waals surface area contributed by atoms with E-state index in [1.54, 1.807) is 0 Å². The van der Waals surface area contributed by atoms with Crippen molar-refractivity contribution in [1.29, 1.82) is 0 Å². The molecule has 1 nitrogen and oxygen atoms in total. The normalized spacial score (nSPS) is 11.8. The molecule has 0 saturated heterocycles. The van der Waals surface area contributed by atoms with Crippen molar-refractivity contribution in [2.45, 2.75) is 13.0 Å². The summed E-state index contributed by atoms with van der Waals surface area (Å²) in [5.74, 6) is 0. The summed E-state index contributed by atoms with van der Waals surface area (Å²) in [6.07, 6.45) is 0. The minimum absolute atomic E-state index is 0. The van der Waals surface area contributed by atoms with Gasteiger partial charge in [0.2, 0.25) is 0 Å². The molecule has 0 amide bonds. The van der Waals surface area contributed by atoms with Crippen LogP contribution in [-0.4, -0.2) is 0 Å². The number of benzene rings is 1. The van der Waals surface area contributed by atoms with Crippen LogP contribution in [0.1, 0.15) is 18.5 Å². The molecule has 1 N–H and O–H groups in total. The molecule has 10 heavy (non-hydrogen) atoms. The van der Waals surface area contributed by atoms with E-state index in [9.17, 15) is 0 Å². The van der Waals surface area contributed by atoms with Gasteiger partial charge in [-0.2, -0.15) is 0 Å². The number of hydrogen-bond donors (Lipinski definition) is 0. The van der Waals surface area contributed by atoms with Gasteiger partial charge in [-0.05, 0) is 0 Å². The fraction of sp³-hybridized carbons (Fsp3) is 0.250. The first-order chi connectivity index (χ1) is 4.30. The van der Waals surface area contributed by atoms with Crippen molar-refractivity contribution in [3.63, 3.8) is 0 Å². The summed E-state index contributed by atoms with van der Waals surface area (Å²) in [5.41, 5.74) is 8.40. The predicted molar refractivity (Wildman–Crippen MR) is 39.2 cm³/mol. The Hall–Kier alpha value is -0.223. The molecule has 1 rings (SSSR count). The van der Waals surface area contributed by atoms with E-state index in [-0.39, 0.29) is 24.9 Å². The molecule has 0 saturated carbocycles. The molecule has 0 radical (unpaired) electrons. The molecular weight excluding hydrogens is 117 g/mol. The monoisotopic (exact) mass is 127 g/mol. The first-order valence-corrected chi connectivity index (χ1v) is 3.07. The third kappa shape index (κ3) is 2.58. The first-order valence-electron chi connectivity index (χ1n) is 3.07. The molecule has 0 aliphatic heterocycles. The van der Waals surface area contributed by atoms with E-state index >= 15 is 0 Å². The van der Waals surface area contributed by atoms with Crippen molar-refractivity contribution in [1.82, 2.24) is 0 Å². The second kappa shape index (κ2) is 4.57. The third-order valence-corrected chi connectivity index (χ3v) is 1.30. The molecule has 0 aliphatic rings. The summed E-state index contributed by atoms with van der Waals surface area (Å²) < 4.78 is 0. The average Bonchev–Trinajstić information content (AvgIpc) is 1.90. The Bertz CT molecular complexity index is 172. The maximum Gasteiger partial charge on any atom is 1.00 e. The van der Waals surface area contributed by atoms with Gasteiger partial charge < -0.3 is 5.73 Å². The average molecular weight is 127 g/mol. The molecule has 48 valence electrons. The van der Waals surface area contributed by atoms with Crippen molar-refractivity contribution in [3.05, 3.63) is 41.6 Å². The minimum atomic E-state index is -0.0915. The van der Waals surface area contributed by atoms with Gasteiger partial charge in [0.15, 0.2) is 0 Å². The van der Waals surface area contributed by atoms with Gasteiger partial charge in [0.25, 0.3) is 0 Å². The molecule has 0 bridgehead atoms. The third-order valence-electron chi connectivity index (χ3n) is 1.30. The smallest absolute Gasteiger partial charge is 0.671 e. The van der Waals surface area contributed by atoms with Crippen LogP contribution in [0.4, 0.5) is 0 Å². The van der Waals surface area contributed by atoms with Crippen LogP contribution >= 0.6 is 0 Å². The summed E-state index contributed by atoms with van der Waals surface area (Å²) in [6.45, 7) is 1.87. The van der Waals surface area contributed by atoms with E-state index in [1.165, 1.54) is 0 Å². The fourth-order valence-corrected chi connectivity index (χ4v) is 0.742. The largest absolute Gasteiger partial charge is 1.00 e. The fourth-order valence-electron chi connectivity index (χ4n) is 0.742. The maximum absolute atomic E-state index is 7.32. The van der Waals surface area contributed by atoms with Crippen molar-refractivity contribution in [2.75, 3.05) is 0 Å². The molecule has 0 aromatic heterocycles. The van der Waals surface area contributed by atoms with Crippen molar-refractivity contribution in [2.24, 2.45) is 0 Å². The Morgan fingerprint density at radius 3 is 2.00 bits per heavy atom. The van der Waals surface area contributed by atoms with Gasteiger partial charge in [-0.1, -0.05) is 42.8 Å². The zero-order valence-corrected chi connectivity index (χ0v) is 6.46. The van der Waals surface area contributed by atoms with E-state index in [0.717, 1.165) is 5.56 Å². The van der Waals surface area contributed by atoms with E-state index in [2.05, 4.69) is 0 Å². The van der Waals surface area contributed by atoms with Gasteiger partial charge in [0, 0.05) is 0 Å².